The Balaban J connectivity index is 3.15. The van der Waals surface area contributed by atoms with E-state index in [9.17, 15) is 9.18 Å². The van der Waals surface area contributed by atoms with Gasteiger partial charge in [-0.3, -0.25) is 0 Å². The summed E-state index contributed by atoms with van der Waals surface area (Å²) in [5.41, 5.74) is 0. The zero-order chi connectivity index (χ0) is 6.41. The number of carbonyl (C=O) groups is 1. The minimum atomic E-state index is -1.11. The van der Waals surface area contributed by atoms with E-state index >= 15 is 0 Å². The SMILES string of the molecule is C#CCOC(=O)CF. The van der Waals surface area contributed by atoms with Crippen LogP contribution in [-0.2, 0) is 9.53 Å². The Morgan fingerprint density at radius 1 is 1.88 bits per heavy atom. The lowest BCUT2D eigenvalue weighted by Crippen LogP contribution is -2.05. The third-order valence-electron chi connectivity index (χ3n) is 0.426. The van der Waals surface area contributed by atoms with Gasteiger partial charge in [-0.1, -0.05) is 5.92 Å². The fraction of sp³-hybridized carbons (Fsp3) is 0.400. The highest BCUT2D eigenvalue weighted by Crippen LogP contribution is 1.76. The number of halogens is 1. The number of carbonyl (C=O) groups excluding carboxylic acids is 1. The molecule has 0 aliphatic carbocycles. The van der Waals surface area contributed by atoms with Gasteiger partial charge in [0.05, 0.1) is 0 Å². The van der Waals surface area contributed by atoms with E-state index in [2.05, 4.69) is 11.2 Å². The van der Waals surface area contributed by atoms with Gasteiger partial charge in [0.2, 0.25) is 0 Å². The number of esters is 1. The molecular formula is C5H5FO2. The summed E-state index contributed by atoms with van der Waals surface area (Å²) in [6.45, 7) is -1.26. The van der Waals surface area contributed by atoms with Crippen LogP contribution < -0.4 is 0 Å². The van der Waals surface area contributed by atoms with Gasteiger partial charge >= 0.3 is 5.97 Å². The van der Waals surface area contributed by atoms with Crippen LogP contribution in [0.15, 0.2) is 0 Å². The van der Waals surface area contributed by atoms with Crippen LogP contribution in [0.4, 0.5) is 4.39 Å². The van der Waals surface area contributed by atoms with Crippen molar-refractivity contribution in [3.05, 3.63) is 0 Å². The van der Waals surface area contributed by atoms with E-state index in [4.69, 9.17) is 0 Å². The first-order valence-electron chi connectivity index (χ1n) is 1.96. The molecule has 0 fully saturated rings. The van der Waals surface area contributed by atoms with E-state index in [1.807, 2.05) is 5.92 Å². The van der Waals surface area contributed by atoms with E-state index < -0.39 is 12.6 Å². The second-order valence-corrected chi connectivity index (χ2v) is 0.998. The maximum absolute atomic E-state index is 11.2. The standard InChI is InChI=1S/C5H5FO2/c1-2-3-8-5(7)4-6/h1H,3-4H2. The Hall–Kier alpha value is -1.04. The Labute approximate surface area is 46.6 Å². The molecule has 0 aromatic rings. The zero-order valence-corrected chi connectivity index (χ0v) is 4.19. The van der Waals surface area contributed by atoms with Gasteiger partial charge in [0, 0.05) is 0 Å². The number of alkyl halides is 1. The topological polar surface area (TPSA) is 26.3 Å². The minimum Gasteiger partial charge on any atom is -0.451 e. The molecule has 0 aliphatic heterocycles. The van der Waals surface area contributed by atoms with Crippen molar-refractivity contribution in [1.82, 2.24) is 0 Å². The molecule has 0 atom stereocenters. The third kappa shape index (κ3) is 3.16. The molecule has 0 unspecified atom stereocenters. The predicted molar refractivity (Wildman–Crippen MR) is 25.8 cm³/mol. The molecule has 0 rings (SSSR count). The molecule has 0 bridgehead atoms. The summed E-state index contributed by atoms with van der Waals surface area (Å²) < 4.78 is 15.3. The quantitative estimate of drug-likeness (QED) is 0.378. The van der Waals surface area contributed by atoms with Crippen LogP contribution in [0.2, 0.25) is 0 Å². The van der Waals surface area contributed by atoms with Crippen molar-refractivity contribution in [2.24, 2.45) is 0 Å². The number of rotatable bonds is 2. The molecule has 0 amide bonds. The fourth-order valence-electron chi connectivity index (χ4n) is 0.161. The largest absolute Gasteiger partial charge is 0.451 e. The third-order valence-corrected chi connectivity index (χ3v) is 0.426. The van der Waals surface area contributed by atoms with Crippen LogP contribution in [-0.4, -0.2) is 19.3 Å². The lowest BCUT2D eigenvalue weighted by Gasteiger charge is -1.91. The Bertz CT molecular complexity index is 114. The van der Waals surface area contributed by atoms with Crippen molar-refractivity contribution in [2.75, 3.05) is 13.3 Å². The van der Waals surface area contributed by atoms with E-state index in [-0.39, 0.29) is 6.61 Å². The molecule has 0 N–H and O–H groups in total. The van der Waals surface area contributed by atoms with Crippen molar-refractivity contribution < 1.29 is 13.9 Å². The minimum absolute atomic E-state index is 0.150. The first kappa shape index (κ1) is 6.96. The van der Waals surface area contributed by atoms with Gasteiger partial charge in [0.15, 0.2) is 13.3 Å². The highest BCUT2D eigenvalue weighted by atomic mass is 19.1. The van der Waals surface area contributed by atoms with Crippen LogP contribution >= 0.6 is 0 Å². The summed E-state index contributed by atoms with van der Waals surface area (Å²) in [4.78, 5) is 9.88. The Morgan fingerprint density at radius 2 is 2.50 bits per heavy atom. The highest BCUT2D eigenvalue weighted by Gasteiger charge is 1.95. The maximum Gasteiger partial charge on any atom is 0.338 e. The average Bonchev–Trinajstić information content (AvgIpc) is 1.83. The summed E-state index contributed by atoms with van der Waals surface area (Å²) >= 11 is 0. The van der Waals surface area contributed by atoms with Gasteiger partial charge < -0.3 is 4.74 Å². The predicted octanol–water partition coefficient (Wildman–Crippen LogP) is 0.132. The molecule has 0 saturated carbocycles. The number of hydrogen-bond acceptors (Lipinski definition) is 2. The van der Waals surface area contributed by atoms with Crippen LogP contribution in [0.25, 0.3) is 0 Å². The second kappa shape index (κ2) is 4.13. The summed E-state index contributed by atoms with van der Waals surface area (Å²) in [7, 11) is 0. The highest BCUT2D eigenvalue weighted by molar-refractivity contribution is 5.70. The van der Waals surface area contributed by atoms with Gasteiger partial charge in [-0.2, -0.15) is 0 Å². The molecule has 8 heavy (non-hydrogen) atoms. The molecular weight excluding hydrogens is 111 g/mol. The summed E-state index contributed by atoms with van der Waals surface area (Å²) in [6.07, 6.45) is 4.68. The molecule has 0 saturated heterocycles. The molecule has 0 aliphatic rings. The fourth-order valence-corrected chi connectivity index (χ4v) is 0.161. The van der Waals surface area contributed by atoms with Gasteiger partial charge in [0.1, 0.15) is 0 Å². The molecule has 2 nitrogen and oxygen atoms in total. The number of hydrogen-bond donors (Lipinski definition) is 0. The van der Waals surface area contributed by atoms with Gasteiger partial charge in [-0.25, -0.2) is 9.18 Å². The smallest absolute Gasteiger partial charge is 0.338 e. The van der Waals surface area contributed by atoms with Crippen LogP contribution in [0.3, 0.4) is 0 Å². The molecule has 0 aromatic carbocycles. The average molecular weight is 116 g/mol. The Kier molecular flexibility index (Phi) is 3.59. The first-order chi connectivity index (χ1) is 3.81. The summed E-state index contributed by atoms with van der Waals surface area (Å²) in [5, 5.41) is 0. The zero-order valence-electron chi connectivity index (χ0n) is 4.19. The molecule has 0 radical (unpaired) electrons. The number of terminal acetylenes is 1. The van der Waals surface area contributed by atoms with E-state index in [0.29, 0.717) is 0 Å². The van der Waals surface area contributed by atoms with E-state index in [0.717, 1.165) is 0 Å². The van der Waals surface area contributed by atoms with Crippen molar-refractivity contribution in [1.29, 1.82) is 0 Å². The van der Waals surface area contributed by atoms with Crippen molar-refractivity contribution >= 4 is 5.97 Å². The number of ether oxygens (including phenoxy) is 1. The first-order valence-corrected chi connectivity index (χ1v) is 1.96. The van der Waals surface area contributed by atoms with Gasteiger partial charge in [0.25, 0.3) is 0 Å². The van der Waals surface area contributed by atoms with Crippen molar-refractivity contribution in [3.8, 4) is 12.3 Å². The Morgan fingerprint density at radius 3 is 2.88 bits per heavy atom. The summed E-state index contributed by atoms with van der Waals surface area (Å²) in [5.74, 6) is 1.11. The molecule has 0 spiro atoms. The summed E-state index contributed by atoms with van der Waals surface area (Å²) in [6, 6.07) is 0. The molecule has 0 aromatic heterocycles. The monoisotopic (exact) mass is 116 g/mol. The molecule has 0 heterocycles. The molecule has 3 heteroatoms. The van der Waals surface area contributed by atoms with Crippen LogP contribution in [0.5, 0.6) is 0 Å². The lowest BCUT2D eigenvalue weighted by atomic mass is 10.7. The molecule has 44 valence electrons. The lowest BCUT2D eigenvalue weighted by molar-refractivity contribution is -0.143. The normalized spacial score (nSPS) is 7.50. The van der Waals surface area contributed by atoms with Crippen molar-refractivity contribution in [2.45, 2.75) is 0 Å². The van der Waals surface area contributed by atoms with Gasteiger partial charge in [-0.05, 0) is 0 Å². The van der Waals surface area contributed by atoms with Crippen molar-refractivity contribution in [3.63, 3.8) is 0 Å². The van der Waals surface area contributed by atoms with E-state index in [1.165, 1.54) is 0 Å². The van der Waals surface area contributed by atoms with Crippen LogP contribution in [0.1, 0.15) is 0 Å². The van der Waals surface area contributed by atoms with E-state index in [1.54, 1.807) is 0 Å². The van der Waals surface area contributed by atoms with Gasteiger partial charge in [-0.15, -0.1) is 6.42 Å². The second-order valence-electron chi connectivity index (χ2n) is 0.998. The maximum atomic E-state index is 11.2. The van der Waals surface area contributed by atoms with Crippen LogP contribution in [0, 0.1) is 12.3 Å².